The molecule has 13 heteroatoms. The number of alkyl halides is 3. The predicted molar refractivity (Wildman–Crippen MR) is 112 cm³/mol. The molecule has 4 rings (SSSR count). The van der Waals surface area contributed by atoms with Crippen LogP contribution < -0.4 is 16.0 Å². The fourth-order valence-electron chi connectivity index (χ4n) is 3.73. The molecule has 172 valence electrons. The van der Waals surface area contributed by atoms with Crippen LogP contribution in [0.4, 0.5) is 36.4 Å². The summed E-state index contributed by atoms with van der Waals surface area (Å²) in [7, 11) is 0. The highest BCUT2D eigenvalue weighted by atomic mass is 19.3. The van der Waals surface area contributed by atoms with E-state index in [0.717, 1.165) is 4.68 Å². The first kappa shape index (κ1) is 22.3. The van der Waals surface area contributed by atoms with Gasteiger partial charge in [0.05, 0.1) is 17.9 Å². The number of quaternary nitrogens is 1. The van der Waals surface area contributed by atoms with E-state index in [4.69, 9.17) is 0 Å². The number of hydrogen-bond acceptors (Lipinski definition) is 7. The topological polar surface area (TPSA) is 128 Å². The Kier molecular flexibility index (Phi) is 6.27. The van der Waals surface area contributed by atoms with Crippen molar-refractivity contribution in [3.63, 3.8) is 0 Å². The molecule has 10 nitrogen and oxygen atoms in total. The van der Waals surface area contributed by atoms with E-state index in [1.165, 1.54) is 23.4 Å². The van der Waals surface area contributed by atoms with Crippen molar-refractivity contribution in [2.45, 2.75) is 31.6 Å². The van der Waals surface area contributed by atoms with E-state index >= 15 is 0 Å². The monoisotopic (exact) mass is 460 g/mol. The number of halogens is 3. The van der Waals surface area contributed by atoms with Gasteiger partial charge in [-0.3, -0.25) is 14.8 Å². The van der Waals surface area contributed by atoms with E-state index in [1.54, 1.807) is 11.5 Å². The first-order valence-corrected chi connectivity index (χ1v) is 10.1. The number of aromatic nitrogens is 4. The molecule has 2 aliphatic rings. The second kappa shape index (κ2) is 9.29. The Morgan fingerprint density at radius 3 is 3.00 bits per heavy atom. The summed E-state index contributed by atoms with van der Waals surface area (Å²) < 4.78 is 40.9. The van der Waals surface area contributed by atoms with Gasteiger partial charge < -0.3 is 15.5 Å². The Morgan fingerprint density at radius 2 is 2.27 bits per heavy atom. The molecule has 2 aromatic heterocycles. The number of nitrogens with zero attached hydrogens (tertiary/aromatic N) is 6. The summed E-state index contributed by atoms with van der Waals surface area (Å²) in [6, 6.07) is 1.31. The molecule has 0 bridgehead atoms. The summed E-state index contributed by atoms with van der Waals surface area (Å²) in [5.41, 5.74) is 1.13. The second-order valence-corrected chi connectivity index (χ2v) is 7.53. The van der Waals surface area contributed by atoms with Gasteiger partial charge in [0.15, 0.2) is 0 Å². The van der Waals surface area contributed by atoms with Gasteiger partial charge in [0.25, 0.3) is 6.43 Å². The van der Waals surface area contributed by atoms with E-state index in [9.17, 15) is 23.2 Å². The van der Waals surface area contributed by atoms with Crippen LogP contribution in [0.2, 0.25) is 0 Å². The third-order valence-corrected chi connectivity index (χ3v) is 5.29. The molecular weight excluding hydrogens is 439 g/mol. The number of allylic oxidation sites excluding steroid dienone is 1. The minimum atomic E-state index is -2.55. The van der Waals surface area contributed by atoms with Crippen molar-refractivity contribution >= 4 is 34.8 Å². The van der Waals surface area contributed by atoms with Crippen LogP contribution in [0.1, 0.15) is 12.0 Å². The van der Waals surface area contributed by atoms with Gasteiger partial charge in [0.2, 0.25) is 17.7 Å². The largest absolute Gasteiger partial charge is 0.362 e. The van der Waals surface area contributed by atoms with Crippen LogP contribution in [-0.4, -0.2) is 62.3 Å². The third-order valence-electron chi connectivity index (χ3n) is 5.29. The Morgan fingerprint density at radius 1 is 1.45 bits per heavy atom. The second-order valence-electron chi connectivity index (χ2n) is 7.53. The molecule has 2 atom stereocenters. The number of hydrogen-bond donors (Lipinski definition) is 3. The highest BCUT2D eigenvalue weighted by Crippen LogP contribution is 2.32. The molecule has 0 saturated carbocycles. The van der Waals surface area contributed by atoms with Crippen molar-refractivity contribution in [2.75, 3.05) is 23.7 Å². The first-order chi connectivity index (χ1) is 15.9. The van der Waals surface area contributed by atoms with Crippen molar-refractivity contribution in [1.29, 1.82) is 5.26 Å². The van der Waals surface area contributed by atoms with Gasteiger partial charge in [-0.1, -0.05) is 6.58 Å². The average molecular weight is 460 g/mol. The summed E-state index contributed by atoms with van der Waals surface area (Å²) >= 11 is 0. The summed E-state index contributed by atoms with van der Waals surface area (Å²) in [5, 5.41) is 20.9. The zero-order chi connectivity index (χ0) is 23.5. The van der Waals surface area contributed by atoms with Gasteiger partial charge >= 0.3 is 0 Å². The van der Waals surface area contributed by atoms with Gasteiger partial charge in [-0.05, 0) is 12.5 Å². The molecule has 1 amide bonds. The number of carbonyl (C=O) groups excluding carboxylic acids is 1. The Hall–Kier alpha value is -3.92. The van der Waals surface area contributed by atoms with E-state index in [1.807, 2.05) is 0 Å². The standard InChI is InChI=1S/C20H20F3N9O/c1-2-16(33)31-4-3-13(21)14(9-31)28-19-17-11(5-24)6-25-18(17)29-20(30-19)27-12-7-26-32(8-12)10-15(22)23/h2,6-8,13-15H,1,3-4,9-10H2,(H3,25,27,28,29,30)/p+1. The zero-order valence-corrected chi connectivity index (χ0v) is 17.4. The molecule has 0 aromatic carbocycles. The van der Waals surface area contributed by atoms with Crippen LogP contribution in [0.3, 0.4) is 0 Å². The number of piperidine rings is 1. The molecule has 4 N–H and O–H groups in total. The maximum Gasteiger partial charge on any atom is 0.257 e. The highest BCUT2D eigenvalue weighted by molar-refractivity contribution is 5.89. The Balaban J connectivity index is 1.61. The van der Waals surface area contributed by atoms with Gasteiger partial charge in [-0.25, -0.2) is 13.2 Å². The third kappa shape index (κ3) is 4.80. The van der Waals surface area contributed by atoms with Crippen LogP contribution in [0.5, 0.6) is 0 Å². The molecular formula is C20H21F3N9O+. The molecule has 2 aliphatic heterocycles. The quantitative estimate of drug-likeness (QED) is 0.531. The van der Waals surface area contributed by atoms with Gasteiger partial charge in [0, 0.05) is 19.3 Å². The van der Waals surface area contributed by atoms with Crippen molar-refractivity contribution in [1.82, 2.24) is 24.6 Å². The van der Waals surface area contributed by atoms with Crippen LogP contribution in [0, 0.1) is 11.3 Å². The van der Waals surface area contributed by atoms with E-state index in [-0.39, 0.29) is 37.2 Å². The molecule has 2 unspecified atom stereocenters. The molecule has 4 heterocycles. The minimum Gasteiger partial charge on any atom is -0.362 e. The van der Waals surface area contributed by atoms with Crippen LogP contribution in [-0.2, 0) is 11.3 Å². The summed E-state index contributed by atoms with van der Waals surface area (Å²) in [5.74, 6) is 0.485. The number of nitrogens with two attached hydrogens (primary N) is 1. The lowest BCUT2D eigenvalue weighted by Gasteiger charge is -2.35. The molecule has 0 radical (unpaired) electrons. The van der Waals surface area contributed by atoms with E-state index < -0.39 is 25.2 Å². The van der Waals surface area contributed by atoms with Crippen LogP contribution in [0.15, 0.2) is 31.2 Å². The number of likely N-dealkylation sites (tertiary alicyclic amines) is 1. The van der Waals surface area contributed by atoms with Gasteiger partial charge in [-0.2, -0.15) is 20.3 Å². The SMILES string of the molecule is C=CC(=O)N1CCC(F)C(Nc2nc(Nc3cnn(CC(F)F)c3)nc3c2C(C#N)=C[NH2+]3)C1. The fraction of sp³-hybridized carbons (Fsp3) is 0.350. The fourth-order valence-corrected chi connectivity index (χ4v) is 3.73. The first-order valence-electron chi connectivity index (χ1n) is 10.1. The number of rotatable bonds is 7. The number of fused-ring (bicyclic) bond motifs is 1. The Labute approximate surface area is 186 Å². The van der Waals surface area contributed by atoms with Gasteiger partial charge in [0.1, 0.15) is 41.9 Å². The van der Waals surface area contributed by atoms with Crippen LogP contribution >= 0.6 is 0 Å². The van der Waals surface area contributed by atoms with Gasteiger partial charge in [-0.15, -0.1) is 0 Å². The molecule has 0 aliphatic carbocycles. The number of anilines is 3. The van der Waals surface area contributed by atoms with Crippen LogP contribution in [0.25, 0.3) is 5.57 Å². The lowest BCUT2D eigenvalue weighted by molar-refractivity contribution is -0.495. The maximum absolute atomic E-state index is 14.7. The molecule has 2 aromatic rings. The summed E-state index contributed by atoms with van der Waals surface area (Å²) in [4.78, 5) is 22.3. The zero-order valence-electron chi connectivity index (χ0n) is 17.4. The number of nitriles is 1. The van der Waals surface area contributed by atoms with Crippen molar-refractivity contribution < 1.29 is 23.3 Å². The molecule has 1 saturated heterocycles. The summed E-state index contributed by atoms with van der Waals surface area (Å²) in [6.45, 7) is 3.29. The smallest absolute Gasteiger partial charge is 0.257 e. The maximum atomic E-state index is 14.7. The lowest BCUT2D eigenvalue weighted by atomic mass is 10.0. The van der Waals surface area contributed by atoms with E-state index in [2.05, 4.69) is 38.3 Å². The Bertz CT molecular complexity index is 1140. The van der Waals surface area contributed by atoms with E-state index in [0.29, 0.717) is 22.6 Å². The predicted octanol–water partition coefficient (Wildman–Crippen LogP) is 1.29. The van der Waals surface area contributed by atoms with Crippen molar-refractivity contribution in [3.05, 3.63) is 36.8 Å². The normalized spacial score (nSPS) is 19.6. The number of amides is 1. The molecule has 33 heavy (non-hydrogen) atoms. The minimum absolute atomic E-state index is 0.100. The van der Waals surface area contributed by atoms with Crippen molar-refractivity contribution in [3.8, 4) is 6.07 Å². The highest BCUT2D eigenvalue weighted by Gasteiger charge is 2.34. The average Bonchev–Trinajstić information content (AvgIpc) is 3.40. The number of carbonyl (C=O) groups is 1. The molecule has 0 spiro atoms. The number of nitrogens with one attached hydrogen (secondary N) is 2. The summed E-state index contributed by atoms with van der Waals surface area (Å²) in [6.07, 6.45) is 1.85. The lowest BCUT2D eigenvalue weighted by Crippen LogP contribution is -2.70. The molecule has 1 fully saturated rings. The van der Waals surface area contributed by atoms with Crippen molar-refractivity contribution in [2.24, 2.45) is 0 Å².